The fourth-order valence-electron chi connectivity index (χ4n) is 5.52. The maximum Gasteiger partial charge on any atom is 0.325 e. The molecule has 3 aliphatic heterocycles. The Kier molecular flexibility index (Phi) is 6.04. The summed E-state index contributed by atoms with van der Waals surface area (Å²) in [5.41, 5.74) is 9.44. The summed E-state index contributed by atoms with van der Waals surface area (Å²) in [6.45, 7) is 7.30. The summed E-state index contributed by atoms with van der Waals surface area (Å²) < 4.78 is 14.3. The third-order valence-electron chi connectivity index (χ3n) is 7.83. The molecule has 0 bridgehead atoms. The van der Waals surface area contributed by atoms with E-state index in [1.54, 1.807) is 19.9 Å². The van der Waals surface area contributed by atoms with E-state index in [4.69, 9.17) is 0 Å². The van der Waals surface area contributed by atoms with Crippen molar-refractivity contribution in [2.24, 2.45) is 0 Å². The van der Waals surface area contributed by atoms with Crippen LogP contribution in [0.2, 0.25) is 0 Å². The summed E-state index contributed by atoms with van der Waals surface area (Å²) in [6, 6.07) is 13.3. The molecule has 1 spiro atoms. The Hall–Kier alpha value is -2.97. The summed E-state index contributed by atoms with van der Waals surface area (Å²) >= 11 is 0. The minimum absolute atomic E-state index is 0.0584. The number of hydrogen-bond donors (Lipinski definition) is 2. The number of nitrogens with zero attached hydrogens (tertiary/aromatic N) is 3. The van der Waals surface area contributed by atoms with Crippen molar-refractivity contribution >= 4 is 17.6 Å². The molecule has 7 nitrogen and oxygen atoms in total. The molecular weight excluding hydrogens is 433 g/mol. The normalized spacial score (nSPS) is 20.6. The van der Waals surface area contributed by atoms with Crippen LogP contribution in [0.4, 0.5) is 14.9 Å². The van der Waals surface area contributed by atoms with Gasteiger partial charge in [0.15, 0.2) is 0 Å². The highest BCUT2D eigenvalue weighted by Gasteiger charge is 2.51. The number of likely N-dealkylation sites (tertiary alicyclic amines) is 1. The van der Waals surface area contributed by atoms with Crippen LogP contribution in [0.3, 0.4) is 0 Å². The molecule has 2 aromatic rings. The summed E-state index contributed by atoms with van der Waals surface area (Å²) in [6.07, 6.45) is 1.42. The van der Waals surface area contributed by atoms with Gasteiger partial charge >= 0.3 is 6.03 Å². The van der Waals surface area contributed by atoms with E-state index < -0.39 is 0 Å². The number of amides is 3. The average Bonchev–Trinajstić information content (AvgIpc) is 3.46. The van der Waals surface area contributed by atoms with Gasteiger partial charge in [0.2, 0.25) is 5.91 Å². The summed E-state index contributed by atoms with van der Waals surface area (Å²) in [5, 5.41) is 0. The molecule has 3 aliphatic rings. The molecule has 0 atom stereocenters. The van der Waals surface area contributed by atoms with Crippen molar-refractivity contribution in [3.63, 3.8) is 0 Å². The number of anilines is 1. The van der Waals surface area contributed by atoms with Gasteiger partial charge in [-0.1, -0.05) is 24.3 Å². The second-order valence-electron chi connectivity index (χ2n) is 9.76. The van der Waals surface area contributed by atoms with Gasteiger partial charge in [0.25, 0.3) is 0 Å². The standard InChI is InChI=1S/C26H32FN5O2/c1-18-21(4-3-5-24(18)27)16-32-25(34)31(17-26(32)10-12-30(13-11-26)19(2)33)23-8-6-20(7-9-23)22-14-28-29-15-22/h3-9,22,28-29H,10-17H2,1-2H3. The molecule has 3 amide bonds. The Morgan fingerprint density at radius 3 is 2.41 bits per heavy atom. The predicted molar refractivity (Wildman–Crippen MR) is 129 cm³/mol. The molecule has 3 heterocycles. The van der Waals surface area contributed by atoms with E-state index in [0.717, 1.165) is 24.3 Å². The zero-order valence-electron chi connectivity index (χ0n) is 19.8. The average molecular weight is 466 g/mol. The van der Waals surface area contributed by atoms with Crippen LogP contribution in [0.25, 0.3) is 0 Å². The summed E-state index contributed by atoms with van der Waals surface area (Å²) in [7, 11) is 0. The molecule has 5 rings (SSSR count). The van der Waals surface area contributed by atoms with Gasteiger partial charge in [-0.25, -0.2) is 9.18 Å². The van der Waals surface area contributed by atoms with E-state index in [1.165, 1.54) is 11.6 Å². The number of carbonyl (C=O) groups excluding carboxylic acids is 2. The van der Waals surface area contributed by atoms with Crippen molar-refractivity contribution in [1.82, 2.24) is 20.7 Å². The fraction of sp³-hybridized carbons (Fsp3) is 0.462. The molecule has 2 aromatic carbocycles. The van der Waals surface area contributed by atoms with E-state index in [1.807, 2.05) is 32.9 Å². The first-order valence-electron chi connectivity index (χ1n) is 12.0. The van der Waals surface area contributed by atoms with Gasteiger partial charge in [0.1, 0.15) is 5.82 Å². The molecule has 34 heavy (non-hydrogen) atoms. The molecule has 0 radical (unpaired) electrons. The highest BCUT2D eigenvalue weighted by molar-refractivity contribution is 5.95. The third kappa shape index (κ3) is 4.05. The number of rotatable bonds is 4. The largest absolute Gasteiger partial charge is 0.343 e. The van der Waals surface area contributed by atoms with Crippen LogP contribution in [-0.4, -0.2) is 60.0 Å². The van der Waals surface area contributed by atoms with E-state index in [9.17, 15) is 14.0 Å². The molecule has 3 saturated heterocycles. The molecule has 2 N–H and O–H groups in total. The number of piperidine rings is 1. The van der Waals surface area contributed by atoms with Crippen LogP contribution in [0.15, 0.2) is 42.5 Å². The van der Waals surface area contributed by atoms with Crippen LogP contribution in [0, 0.1) is 12.7 Å². The molecule has 0 saturated carbocycles. The van der Waals surface area contributed by atoms with Crippen LogP contribution >= 0.6 is 0 Å². The van der Waals surface area contributed by atoms with Crippen LogP contribution in [-0.2, 0) is 11.3 Å². The summed E-state index contributed by atoms with van der Waals surface area (Å²) in [4.78, 5) is 31.4. The van der Waals surface area contributed by atoms with E-state index in [0.29, 0.717) is 50.5 Å². The Morgan fingerprint density at radius 2 is 1.76 bits per heavy atom. The lowest BCUT2D eigenvalue weighted by atomic mass is 9.86. The second-order valence-corrected chi connectivity index (χ2v) is 9.76. The quantitative estimate of drug-likeness (QED) is 0.728. The summed E-state index contributed by atoms with van der Waals surface area (Å²) in [5.74, 6) is 0.223. The molecular formula is C26H32FN5O2. The van der Waals surface area contributed by atoms with Crippen molar-refractivity contribution in [1.29, 1.82) is 0 Å². The molecule has 180 valence electrons. The minimum Gasteiger partial charge on any atom is -0.343 e. The first-order chi connectivity index (χ1) is 16.4. The first kappa shape index (κ1) is 22.8. The molecule has 3 fully saturated rings. The molecule has 0 aliphatic carbocycles. The SMILES string of the molecule is CC(=O)N1CCC2(CC1)CN(c1ccc(C3CNNC3)cc1)C(=O)N2Cc1cccc(F)c1C. The van der Waals surface area contributed by atoms with Crippen molar-refractivity contribution in [3.8, 4) is 0 Å². The third-order valence-corrected chi connectivity index (χ3v) is 7.83. The van der Waals surface area contributed by atoms with Crippen LogP contribution < -0.4 is 15.8 Å². The Bertz CT molecular complexity index is 1080. The lowest BCUT2D eigenvalue weighted by Crippen LogP contribution is -2.54. The number of hydrogen-bond acceptors (Lipinski definition) is 4. The number of hydrazine groups is 1. The van der Waals surface area contributed by atoms with E-state index >= 15 is 0 Å². The lowest BCUT2D eigenvalue weighted by Gasteiger charge is -2.43. The number of halogens is 1. The van der Waals surface area contributed by atoms with Gasteiger partial charge in [-0.15, -0.1) is 0 Å². The Balaban J connectivity index is 1.43. The van der Waals surface area contributed by atoms with Gasteiger partial charge in [-0.2, -0.15) is 0 Å². The van der Waals surface area contributed by atoms with Crippen molar-refractivity contribution in [2.75, 3.05) is 37.6 Å². The van der Waals surface area contributed by atoms with Gasteiger partial charge in [0, 0.05) is 51.3 Å². The topological polar surface area (TPSA) is 67.9 Å². The fourth-order valence-corrected chi connectivity index (χ4v) is 5.52. The number of urea groups is 1. The molecule has 0 aromatic heterocycles. The Labute approximate surface area is 199 Å². The maximum absolute atomic E-state index is 14.3. The highest BCUT2D eigenvalue weighted by atomic mass is 19.1. The van der Waals surface area contributed by atoms with E-state index in [2.05, 4.69) is 23.0 Å². The van der Waals surface area contributed by atoms with Gasteiger partial charge in [-0.05, 0) is 54.7 Å². The lowest BCUT2D eigenvalue weighted by molar-refractivity contribution is -0.131. The minimum atomic E-state index is -0.389. The van der Waals surface area contributed by atoms with Crippen molar-refractivity contribution < 1.29 is 14.0 Å². The molecule has 8 heteroatoms. The monoisotopic (exact) mass is 465 g/mol. The number of carbonyl (C=O) groups is 2. The van der Waals surface area contributed by atoms with Crippen LogP contribution in [0.5, 0.6) is 0 Å². The van der Waals surface area contributed by atoms with Crippen molar-refractivity contribution in [2.45, 2.75) is 44.7 Å². The van der Waals surface area contributed by atoms with Gasteiger partial charge in [-0.3, -0.25) is 20.5 Å². The number of nitrogens with one attached hydrogen (secondary N) is 2. The smallest absolute Gasteiger partial charge is 0.325 e. The van der Waals surface area contributed by atoms with Gasteiger partial charge < -0.3 is 9.80 Å². The highest BCUT2D eigenvalue weighted by Crippen LogP contribution is 2.40. The Morgan fingerprint density at radius 1 is 1.09 bits per heavy atom. The zero-order valence-corrected chi connectivity index (χ0v) is 19.8. The molecule has 0 unspecified atom stereocenters. The first-order valence-corrected chi connectivity index (χ1v) is 12.0. The second kappa shape index (κ2) is 9.00. The maximum atomic E-state index is 14.3. The van der Waals surface area contributed by atoms with Crippen molar-refractivity contribution in [3.05, 3.63) is 65.0 Å². The number of benzene rings is 2. The van der Waals surface area contributed by atoms with Crippen LogP contribution in [0.1, 0.15) is 42.4 Å². The predicted octanol–water partition coefficient (Wildman–Crippen LogP) is 3.15. The zero-order chi connectivity index (χ0) is 23.9. The van der Waals surface area contributed by atoms with Gasteiger partial charge in [0.05, 0.1) is 12.1 Å². The van der Waals surface area contributed by atoms with E-state index in [-0.39, 0.29) is 23.3 Å².